The number of halogens is 4. The van der Waals surface area contributed by atoms with Gasteiger partial charge in [0.25, 0.3) is 0 Å². The minimum absolute atomic E-state index is 0.0762. The molecule has 106 valence electrons. The minimum Gasteiger partial charge on any atom is -0.264 e. The zero-order valence-electron chi connectivity index (χ0n) is 10.6. The van der Waals surface area contributed by atoms with Crippen molar-refractivity contribution in [1.29, 1.82) is 0 Å². The van der Waals surface area contributed by atoms with E-state index in [-0.39, 0.29) is 16.4 Å². The van der Waals surface area contributed by atoms with Gasteiger partial charge in [0.05, 0.1) is 11.3 Å². The van der Waals surface area contributed by atoms with Crippen molar-refractivity contribution in [3.8, 4) is 11.3 Å². The highest BCUT2D eigenvalue weighted by Gasteiger charge is 2.34. The van der Waals surface area contributed by atoms with E-state index in [0.29, 0.717) is 12.0 Å². The van der Waals surface area contributed by atoms with Crippen molar-refractivity contribution in [3.05, 3.63) is 41.1 Å². The van der Waals surface area contributed by atoms with Crippen molar-refractivity contribution in [1.82, 2.24) is 15.0 Å². The van der Waals surface area contributed by atoms with Crippen molar-refractivity contribution >= 4 is 11.6 Å². The van der Waals surface area contributed by atoms with Crippen LogP contribution in [0.4, 0.5) is 13.2 Å². The van der Waals surface area contributed by atoms with Gasteiger partial charge in [-0.1, -0.05) is 24.9 Å². The fraction of sp³-hybridized carbons (Fsp3) is 0.308. The van der Waals surface area contributed by atoms with Crippen LogP contribution in [0.15, 0.2) is 24.8 Å². The van der Waals surface area contributed by atoms with Gasteiger partial charge in [0.1, 0.15) is 11.5 Å². The van der Waals surface area contributed by atoms with Gasteiger partial charge >= 0.3 is 6.18 Å². The Morgan fingerprint density at radius 3 is 2.65 bits per heavy atom. The van der Waals surface area contributed by atoms with Crippen LogP contribution >= 0.6 is 11.6 Å². The number of alkyl halides is 3. The first-order valence-electron chi connectivity index (χ1n) is 5.96. The molecule has 2 aromatic rings. The largest absolute Gasteiger partial charge is 0.417 e. The summed E-state index contributed by atoms with van der Waals surface area (Å²) in [4.78, 5) is 11.6. The zero-order valence-corrected chi connectivity index (χ0v) is 11.3. The monoisotopic (exact) mass is 301 g/mol. The molecule has 0 fully saturated rings. The number of hydrogen-bond donors (Lipinski definition) is 0. The van der Waals surface area contributed by atoms with Crippen molar-refractivity contribution < 1.29 is 13.2 Å². The Bertz CT molecular complexity index is 614. The van der Waals surface area contributed by atoms with Crippen molar-refractivity contribution in [2.24, 2.45) is 0 Å². The van der Waals surface area contributed by atoms with Gasteiger partial charge in [0.2, 0.25) is 0 Å². The molecule has 0 aromatic carbocycles. The van der Waals surface area contributed by atoms with Crippen molar-refractivity contribution in [2.75, 3.05) is 0 Å². The number of pyridine rings is 1. The van der Waals surface area contributed by atoms with Gasteiger partial charge in [0, 0.05) is 23.5 Å². The van der Waals surface area contributed by atoms with E-state index in [1.54, 1.807) is 0 Å². The van der Waals surface area contributed by atoms with Crippen LogP contribution in [0.1, 0.15) is 24.5 Å². The number of hydrogen-bond acceptors (Lipinski definition) is 3. The van der Waals surface area contributed by atoms with E-state index in [9.17, 15) is 13.2 Å². The van der Waals surface area contributed by atoms with Gasteiger partial charge in [-0.15, -0.1) is 0 Å². The van der Waals surface area contributed by atoms with Crippen LogP contribution in [-0.4, -0.2) is 15.0 Å². The Morgan fingerprint density at radius 2 is 2.00 bits per heavy atom. The highest BCUT2D eigenvalue weighted by atomic mass is 35.5. The van der Waals surface area contributed by atoms with Crippen LogP contribution in [0.3, 0.4) is 0 Å². The summed E-state index contributed by atoms with van der Waals surface area (Å²) in [6.45, 7) is 1.90. The molecule has 0 aliphatic rings. The number of nitrogens with zero attached hydrogens (tertiary/aromatic N) is 3. The fourth-order valence-electron chi connectivity index (χ4n) is 1.92. The summed E-state index contributed by atoms with van der Waals surface area (Å²) in [5.74, 6) is 0. The molecule has 7 heteroatoms. The molecule has 0 amide bonds. The molecule has 3 nitrogen and oxygen atoms in total. The first-order chi connectivity index (χ1) is 9.45. The molecule has 0 atom stereocenters. The lowest BCUT2D eigenvalue weighted by molar-refractivity contribution is -0.137. The lowest BCUT2D eigenvalue weighted by atomic mass is 10.0. The Morgan fingerprint density at radius 1 is 1.25 bits per heavy atom. The molecule has 0 radical (unpaired) electrons. The summed E-state index contributed by atoms with van der Waals surface area (Å²) in [5, 5.41) is 0.175. The molecule has 0 saturated carbocycles. The van der Waals surface area contributed by atoms with Crippen LogP contribution in [-0.2, 0) is 12.6 Å². The second-order valence-electron chi connectivity index (χ2n) is 4.16. The molecular formula is C13H11ClF3N3. The molecular weight excluding hydrogens is 291 g/mol. The summed E-state index contributed by atoms with van der Waals surface area (Å²) in [6, 6.07) is 0.932. The van der Waals surface area contributed by atoms with Gasteiger partial charge < -0.3 is 0 Å². The molecule has 20 heavy (non-hydrogen) atoms. The Balaban J connectivity index is 2.66. The van der Waals surface area contributed by atoms with Gasteiger partial charge in [0.15, 0.2) is 0 Å². The average Bonchev–Trinajstić information content (AvgIpc) is 2.40. The third-order valence-corrected chi connectivity index (χ3v) is 3.10. The Kier molecular flexibility index (Phi) is 4.23. The van der Waals surface area contributed by atoms with E-state index >= 15 is 0 Å². The fourth-order valence-corrected chi connectivity index (χ4v) is 2.15. The molecule has 0 unspecified atom stereocenters. The molecule has 0 saturated heterocycles. The second kappa shape index (κ2) is 5.75. The lowest BCUT2D eigenvalue weighted by Crippen LogP contribution is -2.09. The topological polar surface area (TPSA) is 38.7 Å². The van der Waals surface area contributed by atoms with Crippen LogP contribution in [0, 0.1) is 0 Å². The molecule has 0 aliphatic heterocycles. The lowest BCUT2D eigenvalue weighted by Gasteiger charge is -2.14. The number of aromatic nitrogens is 3. The molecule has 2 rings (SSSR count). The van der Waals surface area contributed by atoms with Gasteiger partial charge in [-0.3, -0.25) is 4.98 Å². The predicted molar refractivity (Wildman–Crippen MR) is 69.3 cm³/mol. The quantitative estimate of drug-likeness (QED) is 0.799. The van der Waals surface area contributed by atoms with Crippen LogP contribution in [0.25, 0.3) is 11.3 Å². The third kappa shape index (κ3) is 2.90. The van der Waals surface area contributed by atoms with E-state index in [2.05, 4.69) is 15.0 Å². The average molecular weight is 302 g/mol. The van der Waals surface area contributed by atoms with Crippen molar-refractivity contribution in [3.63, 3.8) is 0 Å². The normalized spacial score (nSPS) is 11.7. The van der Waals surface area contributed by atoms with E-state index in [1.165, 1.54) is 0 Å². The van der Waals surface area contributed by atoms with Gasteiger partial charge in [-0.25, -0.2) is 9.97 Å². The summed E-state index contributed by atoms with van der Waals surface area (Å²) in [5.41, 5.74) is -0.158. The molecule has 2 aromatic heterocycles. The van der Waals surface area contributed by atoms with Crippen LogP contribution < -0.4 is 0 Å². The number of rotatable bonds is 3. The SMILES string of the molecule is CCCc1c(Cl)ncnc1-c1cnccc1C(F)(F)F. The molecule has 0 bridgehead atoms. The second-order valence-corrected chi connectivity index (χ2v) is 4.52. The maximum Gasteiger partial charge on any atom is 0.417 e. The van der Waals surface area contributed by atoms with E-state index in [1.807, 2.05) is 6.92 Å². The Labute approximate surface area is 118 Å². The summed E-state index contributed by atoms with van der Waals surface area (Å²) >= 11 is 5.97. The first-order valence-corrected chi connectivity index (χ1v) is 6.34. The zero-order chi connectivity index (χ0) is 14.8. The highest BCUT2D eigenvalue weighted by Crippen LogP contribution is 2.37. The van der Waals surface area contributed by atoms with E-state index in [4.69, 9.17) is 11.6 Å². The Hall–Kier alpha value is -1.69. The smallest absolute Gasteiger partial charge is 0.264 e. The van der Waals surface area contributed by atoms with Crippen molar-refractivity contribution in [2.45, 2.75) is 25.9 Å². The molecule has 0 aliphatic carbocycles. The van der Waals surface area contributed by atoms with Gasteiger partial charge in [-0.05, 0) is 12.5 Å². The van der Waals surface area contributed by atoms with E-state index in [0.717, 1.165) is 31.2 Å². The predicted octanol–water partition coefficient (Wildman–Crippen LogP) is 4.16. The first kappa shape index (κ1) is 14.7. The summed E-state index contributed by atoms with van der Waals surface area (Å²) in [7, 11) is 0. The van der Waals surface area contributed by atoms with Gasteiger partial charge in [-0.2, -0.15) is 13.2 Å². The molecule has 2 heterocycles. The third-order valence-electron chi connectivity index (χ3n) is 2.77. The van der Waals surface area contributed by atoms with Crippen LogP contribution in [0.2, 0.25) is 5.15 Å². The van der Waals surface area contributed by atoms with Crippen LogP contribution in [0.5, 0.6) is 0 Å². The maximum atomic E-state index is 13.0. The maximum absolute atomic E-state index is 13.0. The molecule has 0 N–H and O–H groups in total. The van der Waals surface area contributed by atoms with E-state index < -0.39 is 11.7 Å². The minimum atomic E-state index is -4.47. The standard InChI is InChI=1S/C13H11ClF3N3/c1-2-3-8-11(19-7-20-12(8)14)9-6-18-5-4-10(9)13(15,16)17/h4-7H,2-3H2,1H3. The molecule has 0 spiro atoms. The summed E-state index contributed by atoms with van der Waals surface area (Å²) < 4.78 is 39.1. The summed E-state index contributed by atoms with van der Waals surface area (Å²) in [6.07, 6.45) is 0.168. The highest BCUT2D eigenvalue weighted by molar-refractivity contribution is 6.30.